The van der Waals surface area contributed by atoms with E-state index in [-0.39, 0.29) is 6.79 Å². The molecular formula is C17H27NO3. The van der Waals surface area contributed by atoms with Gasteiger partial charge in [0.05, 0.1) is 6.10 Å². The molecule has 2 unspecified atom stereocenters. The molecule has 0 bridgehead atoms. The van der Waals surface area contributed by atoms with E-state index in [0.29, 0.717) is 12.6 Å². The van der Waals surface area contributed by atoms with Gasteiger partial charge in [-0.3, -0.25) is 0 Å². The van der Waals surface area contributed by atoms with E-state index in [1.54, 1.807) is 0 Å². The van der Waals surface area contributed by atoms with Crippen molar-refractivity contribution in [3.8, 4) is 11.5 Å². The van der Waals surface area contributed by atoms with E-state index < -0.39 is 6.10 Å². The third-order valence-corrected chi connectivity index (χ3v) is 3.86. The second-order valence-corrected chi connectivity index (χ2v) is 6.26. The highest BCUT2D eigenvalue weighted by Crippen LogP contribution is 2.34. The number of rotatable bonds is 8. The quantitative estimate of drug-likeness (QED) is 0.772. The Morgan fingerprint density at radius 1 is 1.14 bits per heavy atom. The van der Waals surface area contributed by atoms with E-state index in [4.69, 9.17) is 9.47 Å². The van der Waals surface area contributed by atoms with E-state index in [9.17, 15) is 5.11 Å². The number of ether oxygens (including phenoxy) is 2. The Hall–Kier alpha value is -1.26. The molecule has 0 aliphatic carbocycles. The summed E-state index contributed by atoms with van der Waals surface area (Å²) in [5, 5.41) is 13.7. The van der Waals surface area contributed by atoms with Crippen LogP contribution in [0.1, 0.15) is 51.7 Å². The highest BCUT2D eigenvalue weighted by Gasteiger charge is 2.16. The lowest BCUT2D eigenvalue weighted by Crippen LogP contribution is -2.30. The van der Waals surface area contributed by atoms with Crippen molar-refractivity contribution in [1.29, 1.82) is 0 Å². The minimum absolute atomic E-state index is 0.264. The first-order chi connectivity index (χ1) is 10.1. The molecule has 21 heavy (non-hydrogen) atoms. The van der Waals surface area contributed by atoms with Crippen molar-refractivity contribution in [2.45, 2.75) is 52.2 Å². The number of hydrogen-bond acceptors (Lipinski definition) is 4. The number of fused-ring (bicyclic) bond motifs is 1. The standard InChI is InChI=1S/C17H27NO3/c1-12(2)5-4-6-13(3)18-10-15(19)14-7-8-16-17(9-14)21-11-20-16/h7-9,12-13,15,18-19H,4-6,10-11H2,1-3H3. The number of benzene rings is 1. The largest absolute Gasteiger partial charge is 0.454 e. The van der Waals surface area contributed by atoms with Gasteiger partial charge in [-0.1, -0.05) is 32.8 Å². The number of aliphatic hydroxyl groups is 1. The summed E-state index contributed by atoms with van der Waals surface area (Å²) in [5.41, 5.74) is 0.862. The molecule has 0 amide bonds. The first kappa shape index (κ1) is 16.1. The van der Waals surface area contributed by atoms with Crippen molar-refractivity contribution in [2.75, 3.05) is 13.3 Å². The molecule has 0 aromatic heterocycles. The van der Waals surface area contributed by atoms with Gasteiger partial charge in [0, 0.05) is 12.6 Å². The summed E-state index contributed by atoms with van der Waals surface area (Å²) in [5.74, 6) is 2.23. The Kier molecular flexibility index (Phi) is 5.88. The Labute approximate surface area is 127 Å². The summed E-state index contributed by atoms with van der Waals surface area (Å²) in [4.78, 5) is 0. The highest BCUT2D eigenvalue weighted by molar-refractivity contribution is 5.45. The van der Waals surface area contributed by atoms with Crippen LogP contribution in [0.3, 0.4) is 0 Å². The van der Waals surface area contributed by atoms with Crippen molar-refractivity contribution in [2.24, 2.45) is 5.92 Å². The van der Waals surface area contributed by atoms with Gasteiger partial charge >= 0.3 is 0 Å². The summed E-state index contributed by atoms with van der Waals surface area (Å²) in [7, 11) is 0. The zero-order valence-electron chi connectivity index (χ0n) is 13.3. The maximum absolute atomic E-state index is 10.3. The summed E-state index contributed by atoms with van der Waals surface area (Å²) in [6.07, 6.45) is 3.11. The smallest absolute Gasteiger partial charge is 0.231 e. The maximum Gasteiger partial charge on any atom is 0.231 e. The third-order valence-electron chi connectivity index (χ3n) is 3.86. The monoisotopic (exact) mass is 293 g/mol. The van der Waals surface area contributed by atoms with Gasteiger partial charge < -0.3 is 19.9 Å². The Morgan fingerprint density at radius 3 is 2.67 bits per heavy atom. The van der Waals surface area contributed by atoms with E-state index in [2.05, 4.69) is 26.1 Å². The summed E-state index contributed by atoms with van der Waals surface area (Å²) in [6.45, 7) is 7.50. The molecule has 2 N–H and O–H groups in total. The van der Waals surface area contributed by atoms with Gasteiger partial charge in [-0.25, -0.2) is 0 Å². The van der Waals surface area contributed by atoms with Gasteiger partial charge in [0.15, 0.2) is 11.5 Å². The van der Waals surface area contributed by atoms with Crippen LogP contribution in [0.5, 0.6) is 11.5 Å². The topological polar surface area (TPSA) is 50.7 Å². The van der Waals surface area contributed by atoms with Gasteiger partial charge in [0.1, 0.15) is 0 Å². The molecule has 0 fully saturated rings. The van der Waals surface area contributed by atoms with Crippen molar-refractivity contribution < 1.29 is 14.6 Å². The van der Waals surface area contributed by atoms with Crippen molar-refractivity contribution in [3.05, 3.63) is 23.8 Å². The molecule has 4 heteroatoms. The predicted molar refractivity (Wildman–Crippen MR) is 83.7 cm³/mol. The molecule has 2 atom stereocenters. The second-order valence-electron chi connectivity index (χ2n) is 6.26. The number of hydrogen-bond donors (Lipinski definition) is 2. The average molecular weight is 293 g/mol. The fourth-order valence-electron chi connectivity index (χ4n) is 2.49. The molecule has 1 aromatic rings. The predicted octanol–water partition coefficient (Wildman–Crippen LogP) is 3.25. The SMILES string of the molecule is CC(C)CCCC(C)NCC(O)c1ccc2c(c1)OCO2. The molecule has 1 aliphatic heterocycles. The van der Waals surface area contributed by atoms with Crippen LogP contribution in [0.2, 0.25) is 0 Å². The number of aliphatic hydroxyl groups excluding tert-OH is 1. The van der Waals surface area contributed by atoms with Crippen LogP contribution in [0, 0.1) is 5.92 Å². The van der Waals surface area contributed by atoms with Crippen LogP contribution < -0.4 is 14.8 Å². The summed E-state index contributed by atoms with van der Waals surface area (Å²) in [6, 6.07) is 6.03. The van der Waals surface area contributed by atoms with Gasteiger partial charge in [-0.05, 0) is 37.0 Å². The average Bonchev–Trinajstić information content (AvgIpc) is 2.91. The van der Waals surface area contributed by atoms with Crippen LogP contribution >= 0.6 is 0 Å². The van der Waals surface area contributed by atoms with Crippen LogP contribution in [-0.4, -0.2) is 24.5 Å². The van der Waals surface area contributed by atoms with Gasteiger partial charge in [0.2, 0.25) is 6.79 Å². The molecule has 0 saturated heterocycles. The zero-order valence-corrected chi connectivity index (χ0v) is 13.3. The first-order valence-corrected chi connectivity index (χ1v) is 7.87. The Morgan fingerprint density at radius 2 is 1.90 bits per heavy atom. The fraction of sp³-hybridized carbons (Fsp3) is 0.647. The molecule has 1 aliphatic rings. The Balaban J connectivity index is 1.75. The van der Waals surface area contributed by atoms with E-state index in [0.717, 1.165) is 29.4 Å². The van der Waals surface area contributed by atoms with Crippen LogP contribution in [0.15, 0.2) is 18.2 Å². The van der Waals surface area contributed by atoms with Gasteiger partial charge in [-0.15, -0.1) is 0 Å². The summed E-state index contributed by atoms with van der Waals surface area (Å²) < 4.78 is 10.6. The number of nitrogens with one attached hydrogen (secondary N) is 1. The maximum atomic E-state index is 10.3. The van der Waals surface area contributed by atoms with Gasteiger partial charge in [-0.2, -0.15) is 0 Å². The molecule has 2 rings (SSSR count). The van der Waals surface area contributed by atoms with Crippen LogP contribution in [-0.2, 0) is 0 Å². The molecule has 0 radical (unpaired) electrons. The minimum Gasteiger partial charge on any atom is -0.454 e. The molecule has 1 aromatic carbocycles. The fourth-order valence-corrected chi connectivity index (χ4v) is 2.49. The second kappa shape index (κ2) is 7.66. The van der Waals surface area contributed by atoms with E-state index >= 15 is 0 Å². The lowest BCUT2D eigenvalue weighted by Gasteiger charge is -2.18. The Bertz CT molecular complexity index is 448. The van der Waals surface area contributed by atoms with Crippen molar-refractivity contribution in [3.63, 3.8) is 0 Å². The lowest BCUT2D eigenvalue weighted by molar-refractivity contribution is 0.167. The summed E-state index contributed by atoms with van der Waals surface area (Å²) >= 11 is 0. The van der Waals surface area contributed by atoms with E-state index in [1.165, 1.54) is 12.8 Å². The lowest BCUT2D eigenvalue weighted by atomic mass is 10.0. The van der Waals surface area contributed by atoms with Crippen LogP contribution in [0.4, 0.5) is 0 Å². The molecule has 1 heterocycles. The molecular weight excluding hydrogens is 266 g/mol. The first-order valence-electron chi connectivity index (χ1n) is 7.87. The molecule has 0 saturated carbocycles. The molecule has 4 nitrogen and oxygen atoms in total. The zero-order chi connectivity index (χ0) is 15.2. The van der Waals surface area contributed by atoms with Crippen molar-refractivity contribution in [1.82, 2.24) is 5.32 Å². The normalized spacial score (nSPS) is 16.2. The molecule has 118 valence electrons. The van der Waals surface area contributed by atoms with Gasteiger partial charge in [0.25, 0.3) is 0 Å². The van der Waals surface area contributed by atoms with Crippen LogP contribution in [0.25, 0.3) is 0 Å². The van der Waals surface area contributed by atoms with Crippen molar-refractivity contribution >= 4 is 0 Å². The van der Waals surface area contributed by atoms with E-state index in [1.807, 2.05) is 18.2 Å². The third kappa shape index (κ3) is 4.90. The molecule has 0 spiro atoms. The minimum atomic E-state index is -0.521. The highest BCUT2D eigenvalue weighted by atomic mass is 16.7.